The molecule has 6 aromatic carbocycles. The van der Waals surface area contributed by atoms with Crippen LogP contribution in [0.2, 0.25) is 0 Å². The first-order valence-electron chi connectivity index (χ1n) is 18.6. The Morgan fingerprint density at radius 3 is 1.81 bits per heavy atom. The van der Waals surface area contributed by atoms with E-state index in [0.29, 0.717) is 0 Å². The summed E-state index contributed by atoms with van der Waals surface area (Å²) in [5.41, 5.74) is 18.3. The van der Waals surface area contributed by atoms with Crippen molar-refractivity contribution in [1.82, 2.24) is 0 Å². The normalized spacial score (nSPS) is 12.2. The number of hydrogen-bond acceptors (Lipinski definition) is 1. The van der Waals surface area contributed by atoms with Gasteiger partial charge in [0.05, 0.1) is 0 Å². The van der Waals surface area contributed by atoms with Crippen LogP contribution in [0.5, 0.6) is 0 Å². The maximum atomic E-state index is 4.37. The molecule has 1 aliphatic carbocycles. The Hall–Kier alpha value is -5.66. The van der Waals surface area contributed by atoms with Crippen LogP contribution >= 0.6 is 0 Å². The maximum Gasteiger partial charge on any atom is 0.0467 e. The Bertz CT molecular complexity index is 2250. The van der Waals surface area contributed by atoms with Gasteiger partial charge in [0.15, 0.2) is 0 Å². The van der Waals surface area contributed by atoms with Crippen molar-refractivity contribution in [2.75, 3.05) is 5.32 Å². The summed E-state index contributed by atoms with van der Waals surface area (Å²) in [6.07, 6.45) is 6.47. The minimum Gasteiger partial charge on any atom is -0.358 e. The first kappa shape index (κ1) is 37.6. The molecule has 0 amide bonds. The second-order valence-electron chi connectivity index (χ2n) is 13.4. The van der Waals surface area contributed by atoms with Crippen LogP contribution in [0.1, 0.15) is 58.4 Å². The lowest BCUT2D eigenvalue weighted by atomic mass is 9.91. The van der Waals surface area contributed by atoms with Gasteiger partial charge in [-0.15, -0.1) is 0 Å². The summed E-state index contributed by atoms with van der Waals surface area (Å²) in [7, 11) is 0. The van der Waals surface area contributed by atoms with E-state index in [2.05, 4.69) is 162 Å². The lowest BCUT2D eigenvalue weighted by Crippen LogP contribution is -2.31. The molecule has 1 heteroatoms. The smallest absolute Gasteiger partial charge is 0.0467 e. The summed E-state index contributed by atoms with van der Waals surface area (Å²) in [5.74, 6) is 0. The highest BCUT2D eigenvalue weighted by Gasteiger charge is 2.27. The first-order valence-corrected chi connectivity index (χ1v) is 18.6. The van der Waals surface area contributed by atoms with E-state index < -0.39 is 0 Å². The van der Waals surface area contributed by atoms with Crippen LogP contribution < -0.4 is 15.8 Å². The lowest BCUT2D eigenvalue weighted by molar-refractivity contribution is 1.19. The number of aryl methyl sites for hydroxylation is 5. The molecule has 8 rings (SSSR count). The van der Waals surface area contributed by atoms with Crippen LogP contribution in [-0.4, -0.2) is 0 Å². The topological polar surface area (TPSA) is 12.0 Å². The van der Waals surface area contributed by atoms with E-state index in [1.54, 1.807) is 0 Å². The van der Waals surface area contributed by atoms with Crippen molar-refractivity contribution < 1.29 is 0 Å². The summed E-state index contributed by atoms with van der Waals surface area (Å²) in [5, 5.41) is 5.98. The van der Waals surface area contributed by atoms with Gasteiger partial charge in [0.25, 0.3) is 0 Å². The number of allylic oxidation sites excluding steroid dienone is 4. The molecule has 2 aliphatic rings. The Labute approximate surface area is 312 Å². The average Bonchev–Trinajstić information content (AvgIpc) is 3.53. The molecule has 0 spiro atoms. The maximum absolute atomic E-state index is 4.37. The Balaban J connectivity index is 0.000000270. The molecule has 1 nitrogen and oxygen atoms in total. The SMILES string of the molecule is C=c1cccc2c1=C(/C=C\Cc1ccc(C)c(-c3cc(C)ccc3C)c1)C1=C(Cc3ccccc31)N2.CC.Cc1ccccc1.Cc1ccccc1. The molecule has 0 saturated heterocycles. The molecule has 0 bridgehead atoms. The molecule has 0 aromatic heterocycles. The molecule has 0 radical (unpaired) electrons. The van der Waals surface area contributed by atoms with E-state index >= 15 is 0 Å². The van der Waals surface area contributed by atoms with E-state index in [9.17, 15) is 0 Å². The number of benzene rings is 6. The van der Waals surface area contributed by atoms with Gasteiger partial charge in [-0.05, 0) is 96.8 Å². The van der Waals surface area contributed by atoms with Crippen LogP contribution in [0.25, 0.3) is 28.9 Å². The molecule has 1 N–H and O–H groups in total. The van der Waals surface area contributed by atoms with Gasteiger partial charge in [-0.3, -0.25) is 0 Å². The molecule has 0 unspecified atom stereocenters. The fraction of sp³-hybridized carbons (Fsp3) is 0.176. The largest absolute Gasteiger partial charge is 0.358 e. The summed E-state index contributed by atoms with van der Waals surface area (Å²) in [6, 6.07) is 49.3. The number of hydrogen-bond donors (Lipinski definition) is 1. The molecule has 0 atom stereocenters. The van der Waals surface area contributed by atoms with Crippen LogP contribution in [0.4, 0.5) is 5.69 Å². The van der Waals surface area contributed by atoms with Crippen LogP contribution in [0.3, 0.4) is 0 Å². The van der Waals surface area contributed by atoms with Crippen molar-refractivity contribution in [2.45, 2.75) is 61.3 Å². The first-order chi connectivity index (χ1) is 25.3. The van der Waals surface area contributed by atoms with E-state index in [1.165, 1.54) is 77.7 Å². The second kappa shape index (κ2) is 18.0. The molecule has 0 fully saturated rings. The van der Waals surface area contributed by atoms with Crippen molar-refractivity contribution in [3.63, 3.8) is 0 Å². The highest BCUT2D eigenvalue weighted by atomic mass is 14.9. The summed E-state index contributed by atoms with van der Waals surface area (Å²) in [6.45, 7) is 19.1. The van der Waals surface area contributed by atoms with Crippen LogP contribution in [-0.2, 0) is 12.8 Å². The third-order valence-electron chi connectivity index (χ3n) is 9.43. The Kier molecular flexibility index (Phi) is 13.0. The predicted molar refractivity (Wildman–Crippen MR) is 228 cm³/mol. The monoisotopic (exact) mass is 679 g/mol. The van der Waals surface area contributed by atoms with E-state index in [4.69, 9.17) is 0 Å². The summed E-state index contributed by atoms with van der Waals surface area (Å²) in [4.78, 5) is 0. The molecule has 52 heavy (non-hydrogen) atoms. The van der Waals surface area contributed by atoms with Gasteiger partial charge in [0, 0.05) is 28.6 Å². The third-order valence-corrected chi connectivity index (χ3v) is 9.43. The van der Waals surface area contributed by atoms with Gasteiger partial charge in [0.1, 0.15) is 0 Å². The minimum absolute atomic E-state index is 0.883. The highest BCUT2D eigenvalue weighted by Crippen LogP contribution is 2.40. The van der Waals surface area contributed by atoms with Crippen molar-refractivity contribution in [1.29, 1.82) is 0 Å². The standard InChI is InChI=1S/C35H31N.2C7H8.C2H6/c1-22-15-16-23(2)30(19-22)31-20-26(18-17-24(31)3)10-8-13-29-34-25(4)9-7-14-32(34)36-33-21-27-11-5-6-12-28(27)35(29)33;2*1-7-5-3-2-4-6-7;1-2/h5-9,11-20,36H,4,10,21H2,1-3H3;2*2-6H,1H3;1-2H3/b13-8-;;;. The number of anilines is 1. The van der Waals surface area contributed by atoms with E-state index in [0.717, 1.165) is 23.7 Å². The van der Waals surface area contributed by atoms with E-state index in [1.807, 2.05) is 50.2 Å². The van der Waals surface area contributed by atoms with Crippen molar-refractivity contribution in [3.8, 4) is 11.1 Å². The predicted octanol–water partition coefficient (Wildman–Crippen LogP) is 12.0. The zero-order valence-corrected chi connectivity index (χ0v) is 32.1. The van der Waals surface area contributed by atoms with Gasteiger partial charge in [-0.2, -0.15) is 0 Å². The zero-order chi connectivity index (χ0) is 37.0. The van der Waals surface area contributed by atoms with Gasteiger partial charge >= 0.3 is 0 Å². The van der Waals surface area contributed by atoms with Gasteiger partial charge in [0.2, 0.25) is 0 Å². The molecular formula is C51H53N. The quantitative estimate of drug-likeness (QED) is 0.196. The third kappa shape index (κ3) is 9.16. The lowest BCUT2D eigenvalue weighted by Gasteiger charge is -2.20. The molecule has 262 valence electrons. The van der Waals surface area contributed by atoms with Gasteiger partial charge in [-0.25, -0.2) is 0 Å². The van der Waals surface area contributed by atoms with Gasteiger partial charge in [-0.1, -0.05) is 183 Å². The number of rotatable bonds is 4. The van der Waals surface area contributed by atoms with Crippen LogP contribution in [0.15, 0.2) is 157 Å². The number of fused-ring (bicyclic) bond motifs is 3. The molecular weight excluding hydrogens is 627 g/mol. The summed E-state index contributed by atoms with van der Waals surface area (Å²) >= 11 is 0. The van der Waals surface area contributed by atoms with Gasteiger partial charge < -0.3 is 5.32 Å². The Morgan fingerprint density at radius 2 is 1.17 bits per heavy atom. The fourth-order valence-corrected chi connectivity index (χ4v) is 6.74. The zero-order valence-electron chi connectivity index (χ0n) is 32.1. The minimum atomic E-state index is 0.883. The average molecular weight is 680 g/mol. The summed E-state index contributed by atoms with van der Waals surface area (Å²) < 4.78 is 0. The molecule has 0 saturated carbocycles. The van der Waals surface area contributed by atoms with Crippen LogP contribution in [0, 0.1) is 34.6 Å². The fourth-order valence-electron chi connectivity index (χ4n) is 6.74. The molecule has 6 aromatic rings. The Morgan fingerprint density at radius 1 is 0.577 bits per heavy atom. The van der Waals surface area contributed by atoms with E-state index in [-0.39, 0.29) is 0 Å². The van der Waals surface area contributed by atoms with Crippen molar-refractivity contribution in [2.24, 2.45) is 0 Å². The van der Waals surface area contributed by atoms with Crippen molar-refractivity contribution >= 4 is 23.4 Å². The highest BCUT2D eigenvalue weighted by molar-refractivity contribution is 6.09. The molecule has 1 heterocycles. The second-order valence-corrected chi connectivity index (χ2v) is 13.4. The number of nitrogens with one attached hydrogen (secondary N) is 1. The molecule has 1 aliphatic heterocycles. The van der Waals surface area contributed by atoms with Crippen molar-refractivity contribution in [3.05, 3.63) is 212 Å².